The van der Waals surface area contributed by atoms with E-state index in [9.17, 15) is 9.90 Å². The zero-order valence-electron chi connectivity index (χ0n) is 12.5. The molecular formula is C16H22O4. The average Bonchev–Trinajstić information content (AvgIpc) is 2.32. The standard InChI is InChI=1S/C16H22O4/c1-15(2,3)20-14(17)11-9-16(18,10-11)12-7-5-6-8-13(12)19-4/h5-8,11,18H,9-10H2,1-4H3. The molecule has 0 spiro atoms. The number of methoxy groups -OCH3 is 1. The van der Waals surface area contributed by atoms with Gasteiger partial charge in [-0.2, -0.15) is 0 Å². The van der Waals surface area contributed by atoms with Crippen molar-refractivity contribution in [3.8, 4) is 5.75 Å². The SMILES string of the molecule is COc1ccccc1C1(O)CC(C(=O)OC(C)(C)C)C1. The van der Waals surface area contributed by atoms with Gasteiger partial charge in [0.2, 0.25) is 0 Å². The van der Waals surface area contributed by atoms with E-state index in [4.69, 9.17) is 9.47 Å². The lowest BCUT2D eigenvalue weighted by Gasteiger charge is -2.43. The zero-order valence-corrected chi connectivity index (χ0v) is 12.5. The van der Waals surface area contributed by atoms with Crippen LogP contribution in [0.15, 0.2) is 24.3 Å². The maximum Gasteiger partial charge on any atom is 0.309 e. The van der Waals surface area contributed by atoms with Crippen LogP contribution >= 0.6 is 0 Å². The molecule has 4 heteroatoms. The molecule has 1 N–H and O–H groups in total. The second kappa shape index (κ2) is 5.09. The lowest BCUT2D eigenvalue weighted by atomic mass is 9.67. The quantitative estimate of drug-likeness (QED) is 0.864. The average molecular weight is 278 g/mol. The first-order chi connectivity index (χ1) is 9.25. The van der Waals surface area contributed by atoms with Gasteiger partial charge in [0.15, 0.2) is 0 Å². The smallest absolute Gasteiger partial charge is 0.309 e. The molecule has 0 aliphatic heterocycles. The highest BCUT2D eigenvalue weighted by Gasteiger charge is 2.49. The van der Waals surface area contributed by atoms with Gasteiger partial charge < -0.3 is 14.6 Å². The fourth-order valence-corrected chi connectivity index (χ4v) is 2.56. The van der Waals surface area contributed by atoms with Crippen molar-refractivity contribution in [3.63, 3.8) is 0 Å². The van der Waals surface area contributed by atoms with Gasteiger partial charge >= 0.3 is 5.97 Å². The Morgan fingerprint density at radius 2 is 1.90 bits per heavy atom. The van der Waals surface area contributed by atoms with Crippen LogP contribution in [0.5, 0.6) is 5.75 Å². The lowest BCUT2D eigenvalue weighted by Crippen LogP contribution is -2.46. The Morgan fingerprint density at radius 1 is 1.30 bits per heavy atom. The lowest BCUT2D eigenvalue weighted by molar-refractivity contribution is -0.176. The second-order valence-electron chi connectivity index (χ2n) is 6.37. The number of ether oxygens (including phenoxy) is 2. The summed E-state index contributed by atoms with van der Waals surface area (Å²) < 4.78 is 10.6. The first-order valence-electron chi connectivity index (χ1n) is 6.84. The van der Waals surface area contributed by atoms with Gasteiger partial charge in [-0.1, -0.05) is 18.2 Å². The molecule has 110 valence electrons. The predicted octanol–water partition coefficient (Wildman–Crippen LogP) is 2.63. The first kappa shape index (κ1) is 14.9. The van der Waals surface area contributed by atoms with Gasteiger partial charge in [0.25, 0.3) is 0 Å². The minimum Gasteiger partial charge on any atom is -0.496 e. The molecule has 0 aromatic heterocycles. The van der Waals surface area contributed by atoms with Crippen molar-refractivity contribution in [1.82, 2.24) is 0 Å². The molecule has 1 aromatic rings. The number of benzene rings is 1. The summed E-state index contributed by atoms with van der Waals surface area (Å²) in [6.07, 6.45) is 0.755. The van der Waals surface area contributed by atoms with Crippen molar-refractivity contribution in [1.29, 1.82) is 0 Å². The molecule has 1 fully saturated rings. The monoisotopic (exact) mass is 278 g/mol. The summed E-state index contributed by atoms with van der Waals surface area (Å²) in [6, 6.07) is 7.37. The molecule has 1 aromatic carbocycles. The maximum absolute atomic E-state index is 11.9. The van der Waals surface area contributed by atoms with Crippen molar-refractivity contribution in [2.45, 2.75) is 44.8 Å². The molecule has 0 bridgehead atoms. The fourth-order valence-electron chi connectivity index (χ4n) is 2.56. The van der Waals surface area contributed by atoms with Crippen LogP contribution in [0.4, 0.5) is 0 Å². The molecule has 1 aliphatic rings. The van der Waals surface area contributed by atoms with Crippen molar-refractivity contribution in [2.75, 3.05) is 7.11 Å². The van der Waals surface area contributed by atoms with Gasteiger partial charge in [0, 0.05) is 5.56 Å². The van der Waals surface area contributed by atoms with Crippen LogP contribution in [0.25, 0.3) is 0 Å². The highest BCUT2D eigenvalue weighted by Crippen LogP contribution is 2.49. The minimum atomic E-state index is -0.992. The van der Waals surface area contributed by atoms with Crippen molar-refractivity contribution in [3.05, 3.63) is 29.8 Å². The summed E-state index contributed by atoms with van der Waals surface area (Å²) in [4.78, 5) is 11.9. The van der Waals surface area contributed by atoms with Crippen molar-refractivity contribution in [2.24, 2.45) is 5.92 Å². The van der Waals surface area contributed by atoms with Gasteiger partial charge in [-0.05, 0) is 39.7 Å². The molecule has 1 saturated carbocycles. The summed E-state index contributed by atoms with van der Waals surface area (Å²) in [6.45, 7) is 5.53. The number of carbonyl (C=O) groups excluding carboxylic acids is 1. The number of hydrogen-bond acceptors (Lipinski definition) is 4. The van der Waals surface area contributed by atoms with Crippen LogP contribution < -0.4 is 4.74 Å². The Kier molecular flexibility index (Phi) is 3.78. The van der Waals surface area contributed by atoms with E-state index >= 15 is 0 Å². The molecule has 0 amide bonds. The summed E-state index contributed by atoms with van der Waals surface area (Å²) in [7, 11) is 1.58. The molecule has 20 heavy (non-hydrogen) atoms. The Hall–Kier alpha value is -1.55. The molecule has 4 nitrogen and oxygen atoms in total. The molecule has 0 saturated heterocycles. The van der Waals surface area contributed by atoms with E-state index in [2.05, 4.69) is 0 Å². The van der Waals surface area contributed by atoms with E-state index in [1.54, 1.807) is 7.11 Å². The van der Waals surface area contributed by atoms with E-state index < -0.39 is 11.2 Å². The Labute approximate surface area is 119 Å². The van der Waals surface area contributed by atoms with Gasteiger partial charge in [-0.3, -0.25) is 4.79 Å². The number of hydrogen-bond donors (Lipinski definition) is 1. The number of esters is 1. The number of para-hydroxylation sites is 1. The second-order valence-corrected chi connectivity index (χ2v) is 6.37. The van der Waals surface area contributed by atoms with E-state index in [0.717, 1.165) is 5.56 Å². The largest absolute Gasteiger partial charge is 0.496 e. The van der Waals surface area contributed by atoms with Crippen LogP contribution in [0.1, 0.15) is 39.2 Å². The van der Waals surface area contributed by atoms with E-state index in [1.807, 2.05) is 45.0 Å². The van der Waals surface area contributed by atoms with Crippen LogP contribution in [0.2, 0.25) is 0 Å². The third-order valence-electron chi connectivity index (χ3n) is 3.52. The fraction of sp³-hybridized carbons (Fsp3) is 0.562. The van der Waals surface area contributed by atoms with Crippen LogP contribution in [0.3, 0.4) is 0 Å². The number of carbonyl (C=O) groups is 1. The third kappa shape index (κ3) is 2.96. The molecular weight excluding hydrogens is 256 g/mol. The first-order valence-corrected chi connectivity index (χ1v) is 6.84. The summed E-state index contributed by atoms with van der Waals surface area (Å²) in [5.74, 6) is 0.166. The number of rotatable bonds is 3. The summed E-state index contributed by atoms with van der Waals surface area (Å²) >= 11 is 0. The highest BCUT2D eigenvalue weighted by atomic mass is 16.6. The highest BCUT2D eigenvalue weighted by molar-refractivity contribution is 5.74. The molecule has 1 aliphatic carbocycles. The molecule has 0 atom stereocenters. The Bertz CT molecular complexity index is 495. The molecule has 0 unspecified atom stereocenters. The molecule has 2 rings (SSSR count). The van der Waals surface area contributed by atoms with Gasteiger partial charge in [-0.15, -0.1) is 0 Å². The summed E-state index contributed by atoms with van der Waals surface area (Å²) in [5, 5.41) is 10.6. The van der Waals surface area contributed by atoms with Crippen LogP contribution in [-0.4, -0.2) is 23.8 Å². The third-order valence-corrected chi connectivity index (χ3v) is 3.52. The molecule has 0 heterocycles. The Morgan fingerprint density at radius 3 is 2.45 bits per heavy atom. The van der Waals surface area contributed by atoms with Crippen LogP contribution in [-0.2, 0) is 15.1 Å². The number of aliphatic hydroxyl groups is 1. The van der Waals surface area contributed by atoms with Gasteiger partial charge in [0.05, 0.1) is 18.6 Å². The maximum atomic E-state index is 11.9. The van der Waals surface area contributed by atoms with Gasteiger partial charge in [0.1, 0.15) is 11.4 Å². The van der Waals surface area contributed by atoms with Crippen molar-refractivity contribution >= 4 is 5.97 Å². The molecule has 0 radical (unpaired) electrons. The predicted molar refractivity (Wildman–Crippen MR) is 75.5 cm³/mol. The zero-order chi connectivity index (χ0) is 15.0. The normalized spacial score (nSPS) is 25.8. The Balaban J connectivity index is 2.06. The van der Waals surface area contributed by atoms with E-state index in [1.165, 1.54) is 0 Å². The topological polar surface area (TPSA) is 55.8 Å². The minimum absolute atomic E-state index is 0.239. The van der Waals surface area contributed by atoms with Crippen molar-refractivity contribution < 1.29 is 19.4 Å². The van der Waals surface area contributed by atoms with E-state index in [-0.39, 0.29) is 11.9 Å². The van der Waals surface area contributed by atoms with Gasteiger partial charge in [-0.25, -0.2) is 0 Å². The van der Waals surface area contributed by atoms with Crippen LogP contribution in [0, 0.1) is 5.92 Å². The summed E-state index contributed by atoms with van der Waals surface area (Å²) in [5.41, 5.74) is -0.744. The van der Waals surface area contributed by atoms with E-state index in [0.29, 0.717) is 18.6 Å².